The van der Waals surface area contributed by atoms with Gasteiger partial charge in [-0.15, -0.1) is 0 Å². The van der Waals surface area contributed by atoms with Gasteiger partial charge < -0.3 is 5.32 Å². The topological polar surface area (TPSA) is 82.8 Å². The molecule has 0 amide bonds. The number of para-hydroxylation sites is 1. The first-order valence-electron chi connectivity index (χ1n) is 6.42. The van der Waals surface area contributed by atoms with E-state index in [1.807, 2.05) is 6.07 Å². The van der Waals surface area contributed by atoms with Gasteiger partial charge in [-0.1, -0.05) is 23.7 Å². The number of halogens is 1. The molecule has 0 aliphatic carbocycles. The molecule has 1 N–H and O–H groups in total. The van der Waals surface area contributed by atoms with Crippen LogP contribution in [0.25, 0.3) is 10.9 Å². The van der Waals surface area contributed by atoms with Crippen LogP contribution in [0.4, 0.5) is 5.69 Å². The Morgan fingerprint density at radius 2 is 2.19 bits per heavy atom. The van der Waals surface area contributed by atoms with Crippen molar-refractivity contribution in [2.75, 3.05) is 23.4 Å². The maximum atomic E-state index is 11.2. The number of rotatable bonds is 3. The maximum Gasteiger partial charge on any atom is 0.151 e. The number of hydrogen-bond acceptors (Lipinski definition) is 5. The Hall–Kier alpha value is -1.84. The van der Waals surface area contributed by atoms with Crippen LogP contribution < -0.4 is 5.32 Å². The standard InChI is InChI=1S/C14H12ClN3O2S/c15-12-3-1-2-11-13(10(4-16)6-18-14(11)12)17-5-9-7-21(19,20)8-9/h1-3,6,9H,5,7-8H2,(H,17,18). The molecule has 1 aromatic carbocycles. The van der Waals surface area contributed by atoms with Crippen LogP contribution in [-0.2, 0) is 9.84 Å². The van der Waals surface area contributed by atoms with Crippen LogP contribution >= 0.6 is 11.6 Å². The van der Waals surface area contributed by atoms with Crippen molar-refractivity contribution in [2.24, 2.45) is 5.92 Å². The second kappa shape index (κ2) is 5.17. The molecule has 1 aromatic heterocycles. The molecule has 21 heavy (non-hydrogen) atoms. The van der Waals surface area contributed by atoms with Gasteiger partial charge in [-0.2, -0.15) is 5.26 Å². The van der Waals surface area contributed by atoms with E-state index < -0.39 is 9.84 Å². The number of anilines is 1. The molecule has 1 aliphatic rings. The van der Waals surface area contributed by atoms with Gasteiger partial charge in [0.05, 0.1) is 33.3 Å². The molecule has 7 heteroatoms. The summed E-state index contributed by atoms with van der Waals surface area (Å²) in [6.07, 6.45) is 1.48. The first-order chi connectivity index (χ1) is 10.00. The molecule has 0 spiro atoms. The Balaban J connectivity index is 1.93. The van der Waals surface area contributed by atoms with Gasteiger partial charge in [-0.3, -0.25) is 4.98 Å². The number of benzene rings is 1. The first-order valence-corrected chi connectivity index (χ1v) is 8.62. The van der Waals surface area contributed by atoms with Crippen molar-refractivity contribution >= 4 is 38.0 Å². The highest BCUT2D eigenvalue weighted by Crippen LogP contribution is 2.30. The summed E-state index contributed by atoms with van der Waals surface area (Å²) in [5.74, 6) is 0.487. The van der Waals surface area contributed by atoms with Gasteiger partial charge in [-0.05, 0) is 6.07 Å². The van der Waals surface area contributed by atoms with Crippen LogP contribution in [0.2, 0.25) is 5.02 Å². The summed E-state index contributed by atoms with van der Waals surface area (Å²) in [5, 5.41) is 13.7. The third-order valence-electron chi connectivity index (χ3n) is 3.52. The van der Waals surface area contributed by atoms with E-state index >= 15 is 0 Å². The molecule has 0 unspecified atom stereocenters. The lowest BCUT2D eigenvalue weighted by Crippen LogP contribution is -2.40. The number of nitriles is 1. The molecular weight excluding hydrogens is 310 g/mol. The van der Waals surface area contributed by atoms with Crippen molar-refractivity contribution in [2.45, 2.75) is 0 Å². The highest BCUT2D eigenvalue weighted by molar-refractivity contribution is 7.92. The Labute approximate surface area is 127 Å². The summed E-state index contributed by atoms with van der Waals surface area (Å²) < 4.78 is 22.4. The minimum atomic E-state index is -2.84. The van der Waals surface area contributed by atoms with Crippen molar-refractivity contribution in [3.63, 3.8) is 0 Å². The minimum absolute atomic E-state index is 0.0870. The van der Waals surface area contributed by atoms with E-state index in [9.17, 15) is 13.7 Å². The summed E-state index contributed by atoms with van der Waals surface area (Å²) in [6.45, 7) is 0.513. The Morgan fingerprint density at radius 1 is 1.43 bits per heavy atom. The molecule has 5 nitrogen and oxygen atoms in total. The van der Waals surface area contributed by atoms with E-state index in [0.29, 0.717) is 28.3 Å². The smallest absolute Gasteiger partial charge is 0.151 e. The predicted octanol–water partition coefficient (Wildman–Crippen LogP) is 2.22. The van der Waals surface area contributed by atoms with Gasteiger partial charge in [0.1, 0.15) is 6.07 Å². The van der Waals surface area contributed by atoms with Crippen molar-refractivity contribution in [1.29, 1.82) is 5.26 Å². The summed E-state index contributed by atoms with van der Waals surface area (Å²) >= 11 is 6.11. The van der Waals surface area contributed by atoms with Gasteiger partial charge in [0.2, 0.25) is 0 Å². The summed E-state index contributed by atoms with van der Waals surface area (Å²) in [6, 6.07) is 7.48. The van der Waals surface area contributed by atoms with Crippen LogP contribution in [0.5, 0.6) is 0 Å². The zero-order valence-electron chi connectivity index (χ0n) is 11.0. The molecule has 0 atom stereocenters. The Kier molecular flexibility index (Phi) is 3.47. The van der Waals surface area contributed by atoms with Crippen LogP contribution in [0.3, 0.4) is 0 Å². The van der Waals surface area contributed by atoms with Crippen LogP contribution in [-0.4, -0.2) is 31.5 Å². The lowest BCUT2D eigenvalue weighted by atomic mass is 10.1. The van der Waals surface area contributed by atoms with E-state index in [2.05, 4.69) is 16.4 Å². The number of hydrogen-bond donors (Lipinski definition) is 1. The van der Waals surface area contributed by atoms with Crippen LogP contribution in [0, 0.1) is 17.2 Å². The molecule has 1 fully saturated rings. The number of sulfone groups is 1. The van der Waals surface area contributed by atoms with Crippen molar-refractivity contribution in [1.82, 2.24) is 4.98 Å². The van der Waals surface area contributed by atoms with E-state index in [1.165, 1.54) is 6.20 Å². The van der Waals surface area contributed by atoms with Crippen molar-refractivity contribution in [3.05, 3.63) is 35.0 Å². The van der Waals surface area contributed by atoms with E-state index in [4.69, 9.17) is 11.6 Å². The molecule has 0 saturated carbocycles. The number of nitrogens with one attached hydrogen (secondary N) is 1. The molecule has 0 radical (unpaired) electrons. The lowest BCUT2D eigenvalue weighted by Gasteiger charge is -2.26. The Bertz CT molecular complexity index is 846. The monoisotopic (exact) mass is 321 g/mol. The Morgan fingerprint density at radius 3 is 2.86 bits per heavy atom. The summed E-state index contributed by atoms with van der Waals surface area (Å²) in [7, 11) is -2.84. The zero-order chi connectivity index (χ0) is 15.0. The molecule has 1 saturated heterocycles. The highest BCUT2D eigenvalue weighted by Gasteiger charge is 2.33. The molecule has 3 rings (SSSR count). The number of aromatic nitrogens is 1. The van der Waals surface area contributed by atoms with E-state index in [1.54, 1.807) is 12.1 Å². The normalized spacial score (nSPS) is 17.1. The molecule has 108 valence electrons. The quantitative estimate of drug-likeness (QED) is 0.937. The third kappa shape index (κ3) is 2.67. The molecule has 0 bridgehead atoms. The SMILES string of the molecule is N#Cc1cnc2c(Cl)cccc2c1NCC1CS(=O)(=O)C1. The average molecular weight is 322 g/mol. The van der Waals surface area contributed by atoms with Gasteiger partial charge >= 0.3 is 0 Å². The van der Waals surface area contributed by atoms with Crippen molar-refractivity contribution in [3.8, 4) is 6.07 Å². The lowest BCUT2D eigenvalue weighted by molar-refractivity contribution is 0.533. The largest absolute Gasteiger partial charge is 0.383 e. The third-order valence-corrected chi connectivity index (χ3v) is 5.78. The zero-order valence-corrected chi connectivity index (χ0v) is 12.6. The van der Waals surface area contributed by atoms with E-state index in [-0.39, 0.29) is 17.4 Å². The molecular formula is C14H12ClN3O2S. The second-order valence-electron chi connectivity index (χ2n) is 5.12. The highest BCUT2D eigenvalue weighted by atomic mass is 35.5. The number of nitrogens with zero attached hydrogens (tertiary/aromatic N) is 2. The van der Waals surface area contributed by atoms with Crippen LogP contribution in [0.1, 0.15) is 5.56 Å². The number of pyridine rings is 1. The van der Waals surface area contributed by atoms with Crippen molar-refractivity contribution < 1.29 is 8.42 Å². The van der Waals surface area contributed by atoms with E-state index in [0.717, 1.165) is 5.39 Å². The van der Waals surface area contributed by atoms with Gasteiger partial charge in [-0.25, -0.2) is 8.42 Å². The summed E-state index contributed by atoms with van der Waals surface area (Å²) in [4.78, 5) is 4.21. The van der Waals surface area contributed by atoms with Gasteiger partial charge in [0.25, 0.3) is 0 Å². The fourth-order valence-corrected chi connectivity index (χ4v) is 4.29. The van der Waals surface area contributed by atoms with Gasteiger partial charge in [0, 0.05) is 24.0 Å². The number of fused-ring (bicyclic) bond motifs is 1. The molecule has 2 heterocycles. The van der Waals surface area contributed by atoms with Crippen LogP contribution in [0.15, 0.2) is 24.4 Å². The fourth-order valence-electron chi connectivity index (χ4n) is 2.50. The summed E-state index contributed by atoms with van der Waals surface area (Å²) in [5.41, 5.74) is 1.71. The van der Waals surface area contributed by atoms with Gasteiger partial charge in [0.15, 0.2) is 9.84 Å². The first kappa shape index (κ1) is 14.1. The fraction of sp³-hybridized carbons (Fsp3) is 0.286. The average Bonchev–Trinajstić information content (AvgIpc) is 2.42. The molecule has 2 aromatic rings. The molecule has 1 aliphatic heterocycles. The minimum Gasteiger partial charge on any atom is -0.383 e. The maximum absolute atomic E-state index is 11.2. The second-order valence-corrected chi connectivity index (χ2v) is 7.68. The predicted molar refractivity (Wildman–Crippen MR) is 82.1 cm³/mol.